The molecule has 0 aliphatic rings. The fraction of sp³-hybridized carbons (Fsp3) is 0.357. The van der Waals surface area contributed by atoms with Gasteiger partial charge in [-0.3, -0.25) is 0 Å². The molecule has 0 saturated heterocycles. The molecule has 1 heterocycles. The molecule has 0 amide bonds. The molecule has 0 aliphatic heterocycles. The minimum atomic E-state index is 0.662. The van der Waals surface area contributed by atoms with Gasteiger partial charge in [-0.05, 0) is 38.4 Å². The molecule has 0 unspecified atom stereocenters. The monoisotopic (exact) mass is 246 g/mol. The Morgan fingerprint density at radius 2 is 1.82 bits per heavy atom. The summed E-state index contributed by atoms with van der Waals surface area (Å²) in [6.45, 7) is 7.10. The average molecular weight is 246 g/mol. The molecule has 0 spiro atoms. The van der Waals surface area contributed by atoms with Crippen LogP contribution in [0.1, 0.15) is 22.4 Å². The first kappa shape index (κ1) is 12.3. The van der Waals surface area contributed by atoms with Crippen LogP contribution in [0.3, 0.4) is 0 Å². The van der Waals surface area contributed by atoms with Crippen LogP contribution in [0.15, 0.2) is 17.5 Å². The summed E-state index contributed by atoms with van der Waals surface area (Å²) in [7, 11) is 0. The number of hydrogen-bond donors (Lipinski definition) is 1. The Kier molecular flexibility index (Phi) is 3.60. The van der Waals surface area contributed by atoms with Gasteiger partial charge in [-0.25, -0.2) is 4.98 Å². The molecule has 3 heteroatoms. The molecule has 0 radical (unpaired) electrons. The van der Waals surface area contributed by atoms with Gasteiger partial charge < -0.3 is 5.73 Å². The first-order chi connectivity index (χ1) is 8.11. The van der Waals surface area contributed by atoms with E-state index in [4.69, 9.17) is 5.73 Å². The summed E-state index contributed by atoms with van der Waals surface area (Å²) >= 11 is 1.71. The van der Waals surface area contributed by atoms with Crippen LogP contribution < -0.4 is 5.73 Å². The van der Waals surface area contributed by atoms with Crippen molar-refractivity contribution < 1.29 is 0 Å². The van der Waals surface area contributed by atoms with Crippen molar-refractivity contribution in [1.29, 1.82) is 0 Å². The maximum atomic E-state index is 5.55. The van der Waals surface area contributed by atoms with E-state index in [0.29, 0.717) is 6.54 Å². The molecular weight excluding hydrogens is 228 g/mol. The largest absolute Gasteiger partial charge is 0.330 e. The number of hydrogen-bond acceptors (Lipinski definition) is 3. The average Bonchev–Trinajstić information content (AvgIpc) is 2.65. The lowest BCUT2D eigenvalue weighted by atomic mass is 10.0. The Labute approximate surface area is 107 Å². The number of aryl methyl sites for hydroxylation is 3. The van der Waals surface area contributed by atoms with Crippen LogP contribution in [-0.4, -0.2) is 11.5 Å². The van der Waals surface area contributed by atoms with Gasteiger partial charge in [-0.1, -0.05) is 17.7 Å². The van der Waals surface area contributed by atoms with E-state index in [-0.39, 0.29) is 0 Å². The van der Waals surface area contributed by atoms with Crippen molar-refractivity contribution in [3.8, 4) is 10.6 Å². The second-order valence-corrected chi connectivity index (χ2v) is 5.31. The van der Waals surface area contributed by atoms with E-state index in [1.165, 1.54) is 22.3 Å². The van der Waals surface area contributed by atoms with E-state index in [2.05, 4.69) is 43.3 Å². The number of rotatable bonds is 3. The van der Waals surface area contributed by atoms with Gasteiger partial charge in [-0.15, -0.1) is 11.3 Å². The standard InChI is InChI=1S/C14H18N2S/c1-9-6-10(2)13(11(3)7-9)14-16-12(4-5-15)8-17-14/h6-8H,4-5,15H2,1-3H3. The third-order valence-corrected chi connectivity index (χ3v) is 3.75. The molecule has 2 rings (SSSR count). The Balaban J connectivity index is 2.45. The highest BCUT2D eigenvalue weighted by Crippen LogP contribution is 2.30. The van der Waals surface area contributed by atoms with Gasteiger partial charge in [0.05, 0.1) is 5.69 Å². The quantitative estimate of drug-likeness (QED) is 0.903. The highest BCUT2D eigenvalue weighted by atomic mass is 32.1. The molecule has 2 aromatic rings. The van der Waals surface area contributed by atoms with Gasteiger partial charge in [0.25, 0.3) is 0 Å². The first-order valence-corrected chi connectivity index (χ1v) is 6.72. The van der Waals surface area contributed by atoms with Crippen molar-refractivity contribution in [1.82, 2.24) is 4.98 Å². The third-order valence-electron chi connectivity index (χ3n) is 2.84. The second kappa shape index (κ2) is 4.98. The molecule has 90 valence electrons. The van der Waals surface area contributed by atoms with E-state index in [9.17, 15) is 0 Å². The number of nitrogens with zero attached hydrogens (tertiary/aromatic N) is 1. The van der Waals surface area contributed by atoms with Crippen molar-refractivity contribution >= 4 is 11.3 Å². The highest BCUT2D eigenvalue weighted by Gasteiger charge is 2.10. The maximum absolute atomic E-state index is 5.55. The molecule has 2 N–H and O–H groups in total. The van der Waals surface area contributed by atoms with Crippen molar-refractivity contribution in [3.63, 3.8) is 0 Å². The van der Waals surface area contributed by atoms with Crippen LogP contribution in [0.25, 0.3) is 10.6 Å². The van der Waals surface area contributed by atoms with E-state index in [1.807, 2.05) is 0 Å². The summed E-state index contributed by atoms with van der Waals surface area (Å²) in [5.41, 5.74) is 11.8. The SMILES string of the molecule is Cc1cc(C)c(-c2nc(CCN)cs2)c(C)c1. The zero-order chi connectivity index (χ0) is 12.4. The van der Waals surface area contributed by atoms with E-state index in [1.54, 1.807) is 11.3 Å². The Morgan fingerprint density at radius 1 is 1.18 bits per heavy atom. The van der Waals surface area contributed by atoms with Crippen LogP contribution in [0.2, 0.25) is 0 Å². The lowest BCUT2D eigenvalue weighted by molar-refractivity contribution is 0.936. The zero-order valence-corrected chi connectivity index (χ0v) is 11.4. The molecule has 1 aromatic carbocycles. The Bertz CT molecular complexity index is 506. The predicted molar refractivity (Wildman–Crippen MR) is 74.5 cm³/mol. The topological polar surface area (TPSA) is 38.9 Å². The normalized spacial score (nSPS) is 10.8. The minimum absolute atomic E-state index is 0.662. The number of benzene rings is 1. The van der Waals surface area contributed by atoms with Crippen molar-refractivity contribution in [3.05, 3.63) is 39.9 Å². The van der Waals surface area contributed by atoms with E-state index in [0.717, 1.165) is 17.1 Å². The Hall–Kier alpha value is -1.19. The summed E-state index contributed by atoms with van der Waals surface area (Å²) in [5, 5.41) is 3.23. The molecule has 0 saturated carbocycles. The summed E-state index contributed by atoms with van der Waals surface area (Å²) < 4.78 is 0. The second-order valence-electron chi connectivity index (χ2n) is 4.46. The molecule has 2 nitrogen and oxygen atoms in total. The van der Waals surface area contributed by atoms with Gasteiger partial charge in [0.1, 0.15) is 5.01 Å². The van der Waals surface area contributed by atoms with Crippen LogP contribution in [0, 0.1) is 20.8 Å². The molecule has 1 aromatic heterocycles. The lowest BCUT2D eigenvalue weighted by Gasteiger charge is -2.08. The van der Waals surface area contributed by atoms with Gasteiger partial charge in [-0.2, -0.15) is 0 Å². The molecule has 17 heavy (non-hydrogen) atoms. The van der Waals surface area contributed by atoms with Gasteiger partial charge in [0.15, 0.2) is 0 Å². The summed E-state index contributed by atoms with van der Waals surface area (Å²) in [6.07, 6.45) is 0.862. The van der Waals surface area contributed by atoms with Crippen LogP contribution in [-0.2, 0) is 6.42 Å². The summed E-state index contributed by atoms with van der Waals surface area (Å²) in [4.78, 5) is 4.66. The fourth-order valence-corrected chi connectivity index (χ4v) is 3.23. The molecular formula is C14H18N2S. The molecule has 0 atom stereocenters. The van der Waals surface area contributed by atoms with Crippen LogP contribution in [0.4, 0.5) is 0 Å². The van der Waals surface area contributed by atoms with Crippen molar-refractivity contribution in [2.24, 2.45) is 5.73 Å². The number of aromatic nitrogens is 1. The van der Waals surface area contributed by atoms with Crippen molar-refractivity contribution in [2.75, 3.05) is 6.54 Å². The minimum Gasteiger partial charge on any atom is -0.330 e. The van der Waals surface area contributed by atoms with Crippen molar-refractivity contribution in [2.45, 2.75) is 27.2 Å². The lowest BCUT2D eigenvalue weighted by Crippen LogP contribution is -2.02. The van der Waals surface area contributed by atoms with Crippen LogP contribution >= 0.6 is 11.3 Å². The Morgan fingerprint density at radius 3 is 2.41 bits per heavy atom. The van der Waals surface area contributed by atoms with Gasteiger partial charge in [0.2, 0.25) is 0 Å². The van der Waals surface area contributed by atoms with Gasteiger partial charge in [0, 0.05) is 17.4 Å². The van der Waals surface area contributed by atoms with Gasteiger partial charge >= 0.3 is 0 Å². The van der Waals surface area contributed by atoms with E-state index >= 15 is 0 Å². The zero-order valence-electron chi connectivity index (χ0n) is 10.6. The summed E-state index contributed by atoms with van der Waals surface area (Å²) in [5.74, 6) is 0. The molecule has 0 fully saturated rings. The van der Waals surface area contributed by atoms with E-state index < -0.39 is 0 Å². The molecule has 0 bridgehead atoms. The maximum Gasteiger partial charge on any atom is 0.124 e. The highest BCUT2D eigenvalue weighted by molar-refractivity contribution is 7.13. The predicted octanol–water partition coefficient (Wildman–Crippen LogP) is 3.24. The summed E-state index contributed by atoms with van der Waals surface area (Å²) in [6, 6.07) is 4.43. The first-order valence-electron chi connectivity index (χ1n) is 5.84. The fourth-order valence-electron chi connectivity index (χ4n) is 2.20. The number of nitrogens with two attached hydrogens (primary N) is 1. The third kappa shape index (κ3) is 2.56. The van der Waals surface area contributed by atoms with Crippen LogP contribution in [0.5, 0.6) is 0 Å². The number of thiazole rings is 1. The molecule has 0 aliphatic carbocycles. The smallest absolute Gasteiger partial charge is 0.124 e.